The second-order valence-corrected chi connectivity index (χ2v) is 6.07. The molecule has 0 saturated heterocycles. The average Bonchev–Trinajstić information content (AvgIpc) is 3.39. The van der Waals surface area contributed by atoms with Gasteiger partial charge in [0.25, 0.3) is 0 Å². The van der Waals surface area contributed by atoms with Gasteiger partial charge < -0.3 is 18.4 Å². The van der Waals surface area contributed by atoms with E-state index in [0.29, 0.717) is 23.4 Å². The van der Waals surface area contributed by atoms with Crippen molar-refractivity contribution in [3.05, 3.63) is 36.0 Å². The summed E-state index contributed by atoms with van der Waals surface area (Å²) in [7, 11) is -2.20. The third-order valence-corrected chi connectivity index (χ3v) is 3.83. The van der Waals surface area contributed by atoms with Crippen molar-refractivity contribution in [2.45, 2.75) is 25.7 Å². The van der Waals surface area contributed by atoms with Crippen LogP contribution >= 0.6 is 0 Å². The molecular formula is C15H19N6O2S-. The Morgan fingerprint density at radius 3 is 2.62 bits per heavy atom. The van der Waals surface area contributed by atoms with Gasteiger partial charge in [-0.05, 0) is 44.0 Å². The highest BCUT2D eigenvalue weighted by Gasteiger charge is 2.26. The maximum absolute atomic E-state index is 10.6. The van der Waals surface area contributed by atoms with Crippen LogP contribution in [-0.2, 0) is 15.1 Å². The Morgan fingerprint density at radius 1 is 1.25 bits per heavy atom. The Hall–Kier alpha value is -2.39. The molecule has 0 amide bonds. The fourth-order valence-electron chi connectivity index (χ4n) is 2.19. The van der Waals surface area contributed by atoms with E-state index >= 15 is 0 Å². The van der Waals surface area contributed by atoms with Crippen LogP contribution in [0.3, 0.4) is 0 Å². The summed E-state index contributed by atoms with van der Waals surface area (Å²) in [6, 6.07) is 8.76. The highest BCUT2D eigenvalue weighted by molar-refractivity contribution is 7.68. The number of hydrazine groups is 1. The van der Waals surface area contributed by atoms with E-state index in [1.54, 1.807) is 24.3 Å². The molecule has 1 aromatic heterocycles. The lowest BCUT2D eigenvalue weighted by molar-refractivity contribution is 0.529. The van der Waals surface area contributed by atoms with Crippen molar-refractivity contribution in [2.75, 3.05) is 22.7 Å². The molecule has 1 heterocycles. The van der Waals surface area contributed by atoms with E-state index in [2.05, 4.69) is 30.5 Å². The normalized spacial score (nSPS) is 15.1. The Bertz CT molecular complexity index is 785. The van der Waals surface area contributed by atoms with Gasteiger partial charge in [-0.1, -0.05) is 10.9 Å². The molecule has 0 bridgehead atoms. The molecule has 128 valence electrons. The number of hydrogen-bond acceptors (Lipinski definition) is 8. The molecule has 4 N–H and O–H groups in total. The molecule has 1 fully saturated rings. The fourth-order valence-corrected chi connectivity index (χ4v) is 2.49. The minimum atomic E-state index is -2.20. The first-order chi connectivity index (χ1) is 11.6. The smallest absolute Gasteiger partial charge is 0.224 e. The molecule has 2 aromatic rings. The van der Waals surface area contributed by atoms with Crippen LogP contribution in [0.15, 0.2) is 34.7 Å². The molecule has 1 saturated carbocycles. The lowest BCUT2D eigenvalue weighted by Gasteiger charge is -2.12. The van der Waals surface area contributed by atoms with Gasteiger partial charge >= 0.3 is 0 Å². The first kappa shape index (κ1) is 16.5. The van der Waals surface area contributed by atoms with Crippen molar-refractivity contribution in [2.24, 2.45) is 4.36 Å². The Labute approximate surface area is 142 Å². The lowest BCUT2D eigenvalue weighted by Crippen LogP contribution is -2.12. The van der Waals surface area contributed by atoms with E-state index in [1.807, 2.05) is 13.0 Å². The minimum absolute atomic E-state index is 0.439. The third-order valence-electron chi connectivity index (χ3n) is 3.46. The maximum Gasteiger partial charge on any atom is 0.224 e. The standard InChI is InChI=1S/C15H19N6O2S/c1-2-16-15-17-13(10-3-4-10)9-14(18-15)20-19-11-5-7-12(8-6-11)21-24(22)23/h5-10,19H,2-4H2,1H3,(H,21,22,23)(H2,16,17,18,20)/q-1. The molecule has 1 aliphatic carbocycles. The Kier molecular flexibility index (Phi) is 5.11. The van der Waals surface area contributed by atoms with Gasteiger partial charge in [-0.25, -0.2) is 4.98 Å². The van der Waals surface area contributed by atoms with Crippen molar-refractivity contribution >= 4 is 34.0 Å². The van der Waals surface area contributed by atoms with Crippen molar-refractivity contribution < 1.29 is 8.76 Å². The van der Waals surface area contributed by atoms with E-state index in [1.165, 1.54) is 12.8 Å². The zero-order valence-electron chi connectivity index (χ0n) is 13.2. The highest BCUT2D eigenvalue weighted by atomic mass is 32.2. The largest absolute Gasteiger partial charge is 0.454 e. The van der Waals surface area contributed by atoms with Gasteiger partial charge in [0.15, 0.2) is 0 Å². The van der Waals surface area contributed by atoms with Gasteiger partial charge in [-0.15, -0.1) is 0 Å². The summed E-state index contributed by atoms with van der Waals surface area (Å²) in [6.45, 7) is 2.77. The quantitative estimate of drug-likeness (QED) is 0.345. The molecule has 9 heteroatoms. The number of benzene rings is 1. The predicted molar refractivity (Wildman–Crippen MR) is 94.6 cm³/mol. The zero-order chi connectivity index (χ0) is 16.9. The lowest BCUT2D eigenvalue weighted by atomic mass is 10.3. The van der Waals surface area contributed by atoms with Crippen molar-refractivity contribution in [3.8, 4) is 0 Å². The molecule has 0 aliphatic heterocycles. The second kappa shape index (κ2) is 7.45. The van der Waals surface area contributed by atoms with E-state index in [-0.39, 0.29) is 0 Å². The average molecular weight is 347 g/mol. The maximum atomic E-state index is 10.6. The molecule has 0 atom stereocenters. The molecule has 0 radical (unpaired) electrons. The SMILES string of the molecule is CCNc1nc(NNc2ccc(N=[S-](=O)O)cc2)cc(C2CC2)n1. The number of nitrogens with one attached hydrogen (secondary N) is 3. The summed E-state index contributed by atoms with van der Waals surface area (Å²) in [4.78, 5) is 8.94. The van der Waals surface area contributed by atoms with Gasteiger partial charge in [0.2, 0.25) is 5.95 Å². The monoisotopic (exact) mass is 347 g/mol. The Balaban J connectivity index is 1.69. The minimum Gasteiger partial charge on any atom is -0.454 e. The first-order valence-electron chi connectivity index (χ1n) is 7.71. The van der Waals surface area contributed by atoms with Crippen LogP contribution in [0.4, 0.5) is 23.1 Å². The summed E-state index contributed by atoms with van der Waals surface area (Å²) >= 11 is 0. The van der Waals surface area contributed by atoms with E-state index in [0.717, 1.165) is 17.9 Å². The van der Waals surface area contributed by atoms with Crippen LogP contribution in [-0.4, -0.2) is 21.1 Å². The van der Waals surface area contributed by atoms with Crippen molar-refractivity contribution in [1.29, 1.82) is 0 Å². The second-order valence-electron chi connectivity index (χ2n) is 5.43. The summed E-state index contributed by atoms with van der Waals surface area (Å²) in [6.07, 6.45) is 2.35. The van der Waals surface area contributed by atoms with Gasteiger partial charge in [-0.2, -0.15) is 4.98 Å². The molecule has 3 rings (SSSR count). The van der Waals surface area contributed by atoms with Gasteiger partial charge in [0.1, 0.15) is 5.82 Å². The van der Waals surface area contributed by atoms with Crippen LogP contribution in [0, 0.1) is 0 Å². The van der Waals surface area contributed by atoms with Crippen molar-refractivity contribution in [3.63, 3.8) is 0 Å². The number of hydrogen-bond donors (Lipinski definition) is 4. The summed E-state index contributed by atoms with van der Waals surface area (Å²) in [5.74, 6) is 1.84. The highest BCUT2D eigenvalue weighted by Crippen LogP contribution is 2.39. The molecule has 1 aromatic carbocycles. The first-order valence-corrected chi connectivity index (χ1v) is 8.78. The summed E-state index contributed by atoms with van der Waals surface area (Å²) < 4.78 is 22.9. The van der Waals surface area contributed by atoms with E-state index < -0.39 is 10.9 Å². The van der Waals surface area contributed by atoms with Crippen molar-refractivity contribution in [1.82, 2.24) is 9.97 Å². The molecular weight excluding hydrogens is 328 g/mol. The van der Waals surface area contributed by atoms with Gasteiger partial charge in [0.05, 0.1) is 11.4 Å². The number of rotatable bonds is 7. The van der Waals surface area contributed by atoms with E-state index in [9.17, 15) is 4.21 Å². The molecule has 24 heavy (non-hydrogen) atoms. The zero-order valence-corrected chi connectivity index (χ0v) is 14.0. The van der Waals surface area contributed by atoms with Crippen LogP contribution in [0.2, 0.25) is 0 Å². The third kappa shape index (κ3) is 4.56. The van der Waals surface area contributed by atoms with Gasteiger partial charge in [0, 0.05) is 24.2 Å². The van der Waals surface area contributed by atoms with Crippen LogP contribution in [0.25, 0.3) is 0 Å². The van der Waals surface area contributed by atoms with Crippen LogP contribution in [0.5, 0.6) is 0 Å². The number of nitrogens with zero attached hydrogens (tertiary/aromatic N) is 3. The molecule has 8 nitrogen and oxygen atoms in total. The molecule has 0 spiro atoms. The van der Waals surface area contributed by atoms with E-state index in [4.69, 9.17) is 4.55 Å². The number of anilines is 3. The number of aromatic nitrogens is 2. The van der Waals surface area contributed by atoms with Crippen LogP contribution < -0.4 is 16.2 Å². The topological polar surface area (TPSA) is 112 Å². The molecule has 1 aliphatic rings. The fraction of sp³-hybridized carbons (Fsp3) is 0.333. The van der Waals surface area contributed by atoms with Gasteiger partial charge in [-0.3, -0.25) is 10.9 Å². The summed E-state index contributed by atoms with van der Waals surface area (Å²) in [5, 5.41) is 3.14. The van der Waals surface area contributed by atoms with Crippen LogP contribution in [0.1, 0.15) is 31.4 Å². The summed E-state index contributed by atoms with van der Waals surface area (Å²) in [5.41, 5.74) is 8.38. The predicted octanol–water partition coefficient (Wildman–Crippen LogP) is 3.48. The Morgan fingerprint density at radius 2 is 2.00 bits per heavy atom. The molecule has 0 unspecified atom stereocenters.